The van der Waals surface area contributed by atoms with Crippen LogP contribution in [0.4, 0.5) is 0 Å². The van der Waals surface area contributed by atoms with E-state index in [1.807, 2.05) is 37.3 Å². The van der Waals surface area contributed by atoms with E-state index in [9.17, 15) is 9.59 Å². The molecule has 0 saturated heterocycles. The van der Waals surface area contributed by atoms with Gasteiger partial charge in [0.25, 0.3) is 0 Å². The molecule has 114 valence electrons. The molecule has 6 nitrogen and oxygen atoms in total. The molecule has 0 heterocycles. The molecule has 3 N–H and O–H groups in total. The number of hydrogen-bond acceptors (Lipinski definition) is 4. The van der Waals surface area contributed by atoms with Crippen LogP contribution in [0.1, 0.15) is 18.9 Å². The van der Waals surface area contributed by atoms with Crippen molar-refractivity contribution in [2.75, 3.05) is 13.2 Å². The predicted octanol–water partition coefficient (Wildman–Crippen LogP) is 0.678. The summed E-state index contributed by atoms with van der Waals surface area (Å²) in [5.74, 6) is -0.509. The summed E-state index contributed by atoms with van der Waals surface area (Å²) < 4.78 is 5.05. The molecule has 21 heavy (non-hydrogen) atoms. The molecule has 0 bridgehead atoms. The number of carbonyl (C=O) groups is 2. The standard InChI is InChI=1S/C14H19N3O3S/c1-2-20-9-8-12(18)16-17-14(21)15-13(19)10-11-6-4-3-5-7-11/h3-7H,2,8-10H2,1H3,(H,16,18)(H2,15,17,19,21). The number of ether oxygens (including phenoxy) is 1. The van der Waals surface area contributed by atoms with Crippen molar-refractivity contribution in [1.82, 2.24) is 16.2 Å². The van der Waals surface area contributed by atoms with E-state index < -0.39 is 0 Å². The topological polar surface area (TPSA) is 79.5 Å². The third-order valence-electron chi connectivity index (χ3n) is 2.45. The molecular formula is C14H19N3O3S. The highest BCUT2D eigenvalue weighted by molar-refractivity contribution is 7.80. The fraction of sp³-hybridized carbons (Fsp3) is 0.357. The zero-order valence-electron chi connectivity index (χ0n) is 11.8. The van der Waals surface area contributed by atoms with Gasteiger partial charge in [-0.25, -0.2) is 0 Å². The van der Waals surface area contributed by atoms with Crippen LogP contribution in [-0.2, 0) is 20.7 Å². The number of rotatable bonds is 6. The number of carbonyl (C=O) groups excluding carboxylic acids is 2. The second kappa shape index (κ2) is 9.84. The highest BCUT2D eigenvalue weighted by Crippen LogP contribution is 1.98. The summed E-state index contributed by atoms with van der Waals surface area (Å²) in [6, 6.07) is 9.30. The van der Waals surface area contributed by atoms with Crippen LogP contribution in [0, 0.1) is 0 Å². The highest BCUT2D eigenvalue weighted by Gasteiger charge is 2.06. The minimum atomic E-state index is -0.261. The van der Waals surface area contributed by atoms with E-state index in [4.69, 9.17) is 17.0 Å². The van der Waals surface area contributed by atoms with E-state index in [1.165, 1.54) is 0 Å². The van der Waals surface area contributed by atoms with Gasteiger partial charge in [-0.3, -0.25) is 20.4 Å². The summed E-state index contributed by atoms with van der Waals surface area (Å²) in [6.07, 6.45) is 0.447. The Morgan fingerprint density at radius 2 is 1.86 bits per heavy atom. The maximum absolute atomic E-state index is 11.7. The average molecular weight is 309 g/mol. The fourth-order valence-electron chi connectivity index (χ4n) is 1.48. The molecule has 1 aromatic carbocycles. The Hall–Kier alpha value is -1.99. The van der Waals surface area contributed by atoms with Gasteiger partial charge in [0.1, 0.15) is 0 Å². The summed E-state index contributed by atoms with van der Waals surface area (Å²) in [4.78, 5) is 23.1. The molecule has 1 rings (SSSR count). The molecule has 2 amide bonds. The first-order valence-corrected chi connectivity index (χ1v) is 7.03. The maximum Gasteiger partial charge on any atom is 0.240 e. The first kappa shape index (κ1) is 17.1. The normalized spacial score (nSPS) is 9.76. The van der Waals surface area contributed by atoms with Gasteiger partial charge in [0, 0.05) is 6.61 Å². The minimum Gasteiger partial charge on any atom is -0.381 e. The third-order valence-corrected chi connectivity index (χ3v) is 2.66. The highest BCUT2D eigenvalue weighted by atomic mass is 32.1. The van der Waals surface area contributed by atoms with Crippen molar-refractivity contribution in [3.05, 3.63) is 35.9 Å². The van der Waals surface area contributed by atoms with Crippen LogP contribution < -0.4 is 16.2 Å². The molecule has 0 spiro atoms. The van der Waals surface area contributed by atoms with E-state index >= 15 is 0 Å². The van der Waals surface area contributed by atoms with E-state index in [2.05, 4.69) is 16.2 Å². The summed E-state index contributed by atoms with van der Waals surface area (Å²) in [5.41, 5.74) is 5.74. The van der Waals surface area contributed by atoms with Crippen molar-refractivity contribution in [2.24, 2.45) is 0 Å². The van der Waals surface area contributed by atoms with Crippen LogP contribution in [-0.4, -0.2) is 30.1 Å². The Balaban J connectivity index is 2.21. The lowest BCUT2D eigenvalue weighted by Gasteiger charge is -2.10. The van der Waals surface area contributed by atoms with Crippen LogP contribution in [0.25, 0.3) is 0 Å². The fourth-order valence-corrected chi connectivity index (χ4v) is 1.65. The van der Waals surface area contributed by atoms with Crippen molar-refractivity contribution >= 4 is 29.1 Å². The molecule has 0 saturated carbocycles. The van der Waals surface area contributed by atoms with Gasteiger partial charge in [-0.15, -0.1) is 0 Å². The van der Waals surface area contributed by atoms with Crippen LogP contribution >= 0.6 is 12.2 Å². The number of amides is 2. The van der Waals surface area contributed by atoms with Gasteiger partial charge >= 0.3 is 0 Å². The van der Waals surface area contributed by atoms with Gasteiger partial charge in [-0.05, 0) is 24.7 Å². The molecule has 0 aliphatic rings. The second-order valence-electron chi connectivity index (χ2n) is 4.16. The summed E-state index contributed by atoms with van der Waals surface area (Å²) in [7, 11) is 0. The zero-order chi connectivity index (χ0) is 15.5. The minimum absolute atomic E-state index is 0.0562. The molecule has 1 aromatic rings. The first-order valence-electron chi connectivity index (χ1n) is 6.62. The smallest absolute Gasteiger partial charge is 0.240 e. The first-order chi connectivity index (χ1) is 10.1. The molecule has 0 fully saturated rings. The Kier molecular flexibility index (Phi) is 8.00. The van der Waals surface area contributed by atoms with Gasteiger partial charge in [0.2, 0.25) is 11.8 Å². The molecule has 0 aromatic heterocycles. The van der Waals surface area contributed by atoms with Crippen molar-refractivity contribution in [3.63, 3.8) is 0 Å². The molecule has 0 aliphatic heterocycles. The number of benzene rings is 1. The van der Waals surface area contributed by atoms with Crippen molar-refractivity contribution in [3.8, 4) is 0 Å². The summed E-state index contributed by atoms with van der Waals surface area (Å²) in [5, 5.41) is 2.54. The summed E-state index contributed by atoms with van der Waals surface area (Å²) >= 11 is 4.91. The monoisotopic (exact) mass is 309 g/mol. The molecule has 7 heteroatoms. The van der Waals surface area contributed by atoms with Crippen LogP contribution in [0.2, 0.25) is 0 Å². The van der Waals surface area contributed by atoms with E-state index in [-0.39, 0.29) is 29.8 Å². The Labute approximate surface area is 129 Å². The van der Waals surface area contributed by atoms with Crippen molar-refractivity contribution < 1.29 is 14.3 Å². The summed E-state index contributed by atoms with van der Waals surface area (Å²) in [6.45, 7) is 2.76. The Morgan fingerprint density at radius 1 is 1.14 bits per heavy atom. The largest absolute Gasteiger partial charge is 0.381 e. The van der Waals surface area contributed by atoms with Crippen LogP contribution in [0.5, 0.6) is 0 Å². The van der Waals surface area contributed by atoms with Crippen molar-refractivity contribution in [1.29, 1.82) is 0 Å². The van der Waals surface area contributed by atoms with Crippen LogP contribution in [0.15, 0.2) is 30.3 Å². The molecule has 0 unspecified atom stereocenters. The molecule has 0 radical (unpaired) electrons. The maximum atomic E-state index is 11.7. The quantitative estimate of drug-likeness (QED) is 0.409. The van der Waals surface area contributed by atoms with E-state index in [1.54, 1.807) is 0 Å². The van der Waals surface area contributed by atoms with Gasteiger partial charge in [0.05, 0.1) is 19.4 Å². The van der Waals surface area contributed by atoms with Gasteiger partial charge in [0.15, 0.2) is 5.11 Å². The predicted molar refractivity (Wildman–Crippen MR) is 83.3 cm³/mol. The second-order valence-corrected chi connectivity index (χ2v) is 4.57. The van der Waals surface area contributed by atoms with Gasteiger partial charge < -0.3 is 10.1 Å². The number of nitrogens with one attached hydrogen (secondary N) is 3. The van der Waals surface area contributed by atoms with Gasteiger partial charge in [-0.1, -0.05) is 30.3 Å². The lowest BCUT2D eigenvalue weighted by atomic mass is 10.1. The number of hydrazine groups is 1. The van der Waals surface area contributed by atoms with E-state index in [0.717, 1.165) is 5.56 Å². The molecule has 0 atom stereocenters. The average Bonchev–Trinajstić information content (AvgIpc) is 2.46. The van der Waals surface area contributed by atoms with E-state index in [0.29, 0.717) is 13.2 Å². The number of thiocarbonyl (C=S) groups is 1. The molecular weight excluding hydrogens is 290 g/mol. The SMILES string of the molecule is CCOCCC(=O)NNC(=S)NC(=O)Cc1ccccc1. The molecule has 0 aliphatic carbocycles. The van der Waals surface area contributed by atoms with Crippen molar-refractivity contribution in [2.45, 2.75) is 19.8 Å². The lowest BCUT2D eigenvalue weighted by Crippen LogP contribution is -2.48. The third kappa shape index (κ3) is 8.01. The lowest BCUT2D eigenvalue weighted by molar-refractivity contribution is -0.123. The van der Waals surface area contributed by atoms with Gasteiger partial charge in [-0.2, -0.15) is 0 Å². The zero-order valence-corrected chi connectivity index (χ0v) is 12.7. The number of hydrogen-bond donors (Lipinski definition) is 3. The Bertz CT molecular complexity index is 480. The van der Waals surface area contributed by atoms with Crippen LogP contribution in [0.3, 0.4) is 0 Å². The Morgan fingerprint density at radius 3 is 2.52 bits per heavy atom.